The number of nitrogens with one attached hydrogen (secondary N) is 1. The predicted molar refractivity (Wildman–Crippen MR) is 103 cm³/mol. The quantitative estimate of drug-likeness (QED) is 0.568. The number of aromatic nitrogens is 4. The van der Waals surface area contributed by atoms with Crippen molar-refractivity contribution in [2.24, 2.45) is 5.41 Å². The zero-order chi connectivity index (χ0) is 18.2. The Kier molecular flexibility index (Phi) is 5.41. The first-order valence-electron chi connectivity index (χ1n) is 7.51. The maximum Gasteiger partial charge on any atom is 0.255 e. The first kappa shape index (κ1) is 18.7. The fourth-order valence-electron chi connectivity index (χ4n) is 2.44. The van der Waals surface area contributed by atoms with Crippen LogP contribution < -0.4 is 5.32 Å². The van der Waals surface area contributed by atoms with Gasteiger partial charge in [-0.05, 0) is 17.9 Å². The van der Waals surface area contributed by atoms with Crippen LogP contribution in [0.3, 0.4) is 0 Å². The van der Waals surface area contributed by atoms with Crippen LogP contribution in [0.15, 0.2) is 12.4 Å². The second-order valence-corrected chi connectivity index (χ2v) is 8.97. The Morgan fingerprint density at radius 2 is 2.08 bits per heavy atom. The Balaban J connectivity index is 2.12. The van der Waals surface area contributed by atoms with E-state index in [0.29, 0.717) is 44.4 Å². The minimum absolute atomic E-state index is 0.114. The summed E-state index contributed by atoms with van der Waals surface area (Å²) in [5.74, 6) is 1.02. The molecule has 0 fully saturated rings. The Morgan fingerprint density at radius 3 is 2.72 bits per heavy atom. The average molecular weight is 421 g/mol. The second kappa shape index (κ2) is 7.25. The molecule has 0 unspecified atom stereocenters. The lowest BCUT2D eigenvalue weighted by Gasteiger charge is -2.25. The Bertz CT molecular complexity index is 908. The second-order valence-electron chi connectivity index (χ2n) is 6.33. The molecule has 3 heterocycles. The van der Waals surface area contributed by atoms with E-state index in [1.807, 2.05) is 0 Å². The number of nitrogens with zero attached hydrogens (tertiary/aromatic N) is 4. The smallest absolute Gasteiger partial charge is 0.255 e. The molecule has 0 bridgehead atoms. The molecule has 0 atom stereocenters. The average Bonchev–Trinajstić information content (AvgIpc) is 3.10. The maximum absolute atomic E-state index is 9.24. The molecular formula is C15H16Cl3N5OS. The van der Waals surface area contributed by atoms with E-state index in [0.717, 1.165) is 0 Å². The van der Waals surface area contributed by atoms with Gasteiger partial charge in [0, 0.05) is 18.7 Å². The lowest BCUT2D eigenvalue weighted by atomic mass is 9.89. The number of aliphatic hydroxyl groups is 1. The summed E-state index contributed by atoms with van der Waals surface area (Å²) in [6.45, 7) is 4.83. The molecule has 0 radical (unpaired) electrons. The standard InChI is InChI=1S/C15H16Cl3N5OS/c1-15(2,3-4-24)6-19-13-10(8-5-9(16)25-12(8)18)11(17)22-14-20-7-21-23(13)14/h5,7,19,24H,3-4,6H2,1-2H3. The number of aliphatic hydroxyl groups excluding tert-OH is 1. The van der Waals surface area contributed by atoms with Crippen molar-refractivity contribution in [3.05, 3.63) is 26.2 Å². The summed E-state index contributed by atoms with van der Waals surface area (Å²) in [6, 6.07) is 1.75. The van der Waals surface area contributed by atoms with E-state index in [9.17, 15) is 5.11 Å². The lowest BCUT2D eigenvalue weighted by molar-refractivity contribution is 0.220. The number of rotatable bonds is 6. The summed E-state index contributed by atoms with van der Waals surface area (Å²) in [6.07, 6.45) is 2.06. The van der Waals surface area contributed by atoms with Gasteiger partial charge in [-0.1, -0.05) is 48.7 Å². The van der Waals surface area contributed by atoms with E-state index in [2.05, 4.69) is 34.2 Å². The third kappa shape index (κ3) is 3.85. The van der Waals surface area contributed by atoms with Crippen LogP contribution >= 0.6 is 46.1 Å². The van der Waals surface area contributed by atoms with Gasteiger partial charge in [0.05, 0.1) is 9.90 Å². The molecule has 0 saturated heterocycles. The fraction of sp³-hybridized carbons (Fsp3) is 0.400. The van der Waals surface area contributed by atoms with Gasteiger partial charge in [0.25, 0.3) is 5.78 Å². The van der Waals surface area contributed by atoms with Crippen molar-refractivity contribution in [1.29, 1.82) is 0 Å². The highest BCUT2D eigenvalue weighted by molar-refractivity contribution is 7.20. The summed E-state index contributed by atoms with van der Waals surface area (Å²) in [4.78, 5) is 8.38. The number of fused-ring (bicyclic) bond motifs is 1. The van der Waals surface area contributed by atoms with Gasteiger partial charge in [-0.3, -0.25) is 0 Å². The molecule has 0 aliphatic rings. The molecule has 2 N–H and O–H groups in total. The minimum Gasteiger partial charge on any atom is -0.396 e. The van der Waals surface area contributed by atoms with Crippen LogP contribution in [0.4, 0.5) is 5.82 Å². The van der Waals surface area contributed by atoms with Crippen molar-refractivity contribution in [3.63, 3.8) is 0 Å². The molecule has 0 aromatic carbocycles. The zero-order valence-electron chi connectivity index (χ0n) is 13.6. The van der Waals surface area contributed by atoms with Crippen molar-refractivity contribution in [3.8, 4) is 11.1 Å². The van der Waals surface area contributed by atoms with E-state index >= 15 is 0 Å². The monoisotopic (exact) mass is 419 g/mol. The van der Waals surface area contributed by atoms with Crippen LogP contribution in [0.2, 0.25) is 13.8 Å². The topological polar surface area (TPSA) is 75.3 Å². The normalized spacial score (nSPS) is 12.1. The largest absolute Gasteiger partial charge is 0.396 e. The molecule has 0 aliphatic carbocycles. The van der Waals surface area contributed by atoms with Crippen LogP contribution in [0.25, 0.3) is 16.9 Å². The molecule has 3 aromatic heterocycles. The van der Waals surface area contributed by atoms with Gasteiger partial charge in [0.15, 0.2) is 0 Å². The van der Waals surface area contributed by atoms with Crippen molar-refractivity contribution in [1.82, 2.24) is 19.6 Å². The van der Waals surface area contributed by atoms with Gasteiger partial charge in [-0.15, -0.1) is 11.3 Å². The van der Waals surface area contributed by atoms with Gasteiger partial charge < -0.3 is 10.4 Å². The Morgan fingerprint density at radius 1 is 1.32 bits per heavy atom. The van der Waals surface area contributed by atoms with Crippen LogP contribution in [0.1, 0.15) is 20.3 Å². The fourth-order valence-corrected chi connectivity index (χ4v) is 4.19. The molecule has 0 aliphatic heterocycles. The molecule has 0 saturated carbocycles. The number of hydrogen-bond acceptors (Lipinski definition) is 6. The molecule has 0 amide bonds. The van der Waals surface area contributed by atoms with Gasteiger partial charge in [-0.25, -0.2) is 0 Å². The minimum atomic E-state index is -0.134. The van der Waals surface area contributed by atoms with Crippen LogP contribution in [-0.2, 0) is 0 Å². The van der Waals surface area contributed by atoms with Crippen molar-refractivity contribution >= 4 is 57.7 Å². The van der Waals surface area contributed by atoms with E-state index < -0.39 is 0 Å². The third-order valence-electron chi connectivity index (χ3n) is 3.83. The van der Waals surface area contributed by atoms with E-state index in [-0.39, 0.29) is 17.2 Å². The van der Waals surface area contributed by atoms with Gasteiger partial charge >= 0.3 is 0 Å². The van der Waals surface area contributed by atoms with Gasteiger partial charge in [0.1, 0.15) is 21.6 Å². The predicted octanol–water partition coefficient (Wildman–Crippen LogP) is 4.63. The molecule has 6 nitrogen and oxygen atoms in total. The third-order valence-corrected chi connectivity index (χ3v) is 5.59. The van der Waals surface area contributed by atoms with Crippen molar-refractivity contribution in [2.45, 2.75) is 20.3 Å². The summed E-state index contributed by atoms with van der Waals surface area (Å²) in [5.41, 5.74) is 1.17. The van der Waals surface area contributed by atoms with Gasteiger partial charge in [0.2, 0.25) is 0 Å². The molecule has 0 spiro atoms. The molecule has 134 valence electrons. The van der Waals surface area contributed by atoms with Crippen LogP contribution in [-0.4, -0.2) is 37.8 Å². The molecule has 3 rings (SSSR count). The number of hydrogen-bond donors (Lipinski definition) is 2. The molecule has 10 heteroatoms. The lowest BCUT2D eigenvalue weighted by Crippen LogP contribution is -2.25. The Hall–Kier alpha value is -1.12. The van der Waals surface area contributed by atoms with Crippen molar-refractivity contribution < 1.29 is 5.11 Å². The van der Waals surface area contributed by atoms with Crippen molar-refractivity contribution in [2.75, 3.05) is 18.5 Å². The number of thiophene rings is 1. The summed E-state index contributed by atoms with van der Waals surface area (Å²) in [5, 5.41) is 17.1. The summed E-state index contributed by atoms with van der Waals surface area (Å²) < 4.78 is 2.66. The maximum atomic E-state index is 9.24. The molecule has 3 aromatic rings. The SMILES string of the molecule is CC(C)(CCO)CNc1c(-c2cc(Cl)sc2Cl)c(Cl)nc2ncnn12. The number of anilines is 1. The van der Waals surface area contributed by atoms with E-state index in [1.165, 1.54) is 17.7 Å². The molecule has 25 heavy (non-hydrogen) atoms. The Labute approximate surface area is 163 Å². The zero-order valence-corrected chi connectivity index (χ0v) is 16.6. The number of halogens is 3. The van der Waals surface area contributed by atoms with E-state index in [4.69, 9.17) is 34.8 Å². The summed E-state index contributed by atoms with van der Waals surface area (Å²) in [7, 11) is 0. The first-order valence-corrected chi connectivity index (χ1v) is 9.46. The first-order chi connectivity index (χ1) is 11.8. The highest BCUT2D eigenvalue weighted by Crippen LogP contribution is 2.43. The van der Waals surface area contributed by atoms with Gasteiger partial charge in [-0.2, -0.15) is 19.6 Å². The summed E-state index contributed by atoms with van der Waals surface area (Å²) >= 11 is 20.1. The van der Waals surface area contributed by atoms with E-state index in [1.54, 1.807) is 10.6 Å². The highest BCUT2D eigenvalue weighted by atomic mass is 35.5. The molecular weight excluding hydrogens is 405 g/mol. The highest BCUT2D eigenvalue weighted by Gasteiger charge is 2.24. The van der Waals surface area contributed by atoms with Crippen LogP contribution in [0.5, 0.6) is 0 Å². The van der Waals surface area contributed by atoms with Crippen LogP contribution in [0, 0.1) is 5.41 Å².